The number of aromatic amines is 1. The van der Waals surface area contributed by atoms with Crippen molar-refractivity contribution in [1.29, 1.82) is 0 Å². The van der Waals surface area contributed by atoms with Gasteiger partial charge in [0.15, 0.2) is 12.6 Å². The molecule has 10 heterocycles. The minimum Gasteiger partial charge on any atom is -0.444 e. The molecule has 10 N–H and O–H groups in total. The molecule has 14 amide bonds. The highest BCUT2D eigenvalue weighted by Gasteiger charge is 2.62. The van der Waals surface area contributed by atoms with Crippen molar-refractivity contribution in [2.24, 2.45) is 27.1 Å². The highest BCUT2D eigenvalue weighted by Crippen LogP contribution is 2.46. The van der Waals surface area contributed by atoms with Gasteiger partial charge in [-0.05, 0) is 104 Å². The monoisotopic (exact) mass is 1600 g/mol. The number of hydrogen-bond acceptors (Lipinski definition) is 19. The molecular weight excluding hydrogens is 1500 g/mol. The number of imide groups is 4. The number of hydrogen-bond donors (Lipinski definition) is 10. The van der Waals surface area contributed by atoms with Gasteiger partial charge < -0.3 is 55.7 Å². The van der Waals surface area contributed by atoms with Gasteiger partial charge in [0, 0.05) is 109 Å². The maximum atomic E-state index is 13.9. The van der Waals surface area contributed by atoms with Crippen LogP contribution in [0.5, 0.6) is 0 Å². The van der Waals surface area contributed by atoms with Crippen LogP contribution in [-0.4, -0.2) is 197 Å². The molecule has 608 valence electrons. The Morgan fingerprint density at radius 3 is 1.27 bits per heavy atom. The Morgan fingerprint density at radius 2 is 0.883 bits per heavy atom. The van der Waals surface area contributed by atoms with Crippen molar-refractivity contribution in [2.75, 3.05) is 75.2 Å². The average molecular weight is 1600 g/mol. The highest BCUT2D eigenvalue weighted by molar-refractivity contribution is 6.30. The second kappa shape index (κ2) is 32.5. The summed E-state index contributed by atoms with van der Waals surface area (Å²) in [6.45, 7) is 34.5. The number of piperidine rings is 5. The predicted molar refractivity (Wildman–Crippen MR) is 399 cm³/mol. The van der Waals surface area contributed by atoms with Gasteiger partial charge in [0.1, 0.15) is 68.2 Å². The van der Waals surface area contributed by atoms with Crippen molar-refractivity contribution in [1.82, 2.24) is 67.8 Å². The Hall–Kier alpha value is -9.77. The molecule has 4 spiro atoms. The van der Waals surface area contributed by atoms with E-state index < -0.39 is 114 Å². The van der Waals surface area contributed by atoms with Crippen LogP contribution < -0.4 is 57.7 Å². The molecule has 0 radical (unpaired) electrons. The van der Waals surface area contributed by atoms with Gasteiger partial charge >= 0.3 is 36.3 Å². The number of carbonyl (C=O) groups excluding carboxylic acids is 13. The minimum absolute atomic E-state index is 0. The van der Waals surface area contributed by atoms with E-state index in [0.717, 1.165) is 42.4 Å². The van der Waals surface area contributed by atoms with Gasteiger partial charge in [-0.1, -0.05) is 80.8 Å². The number of urea groups is 4. The average Bonchev–Trinajstić information content (AvgIpc) is 1.65. The van der Waals surface area contributed by atoms with Crippen molar-refractivity contribution in [3.05, 3.63) is 87.8 Å². The zero-order valence-electron chi connectivity index (χ0n) is 64.8. The molecule has 3 aromatic carbocycles. The van der Waals surface area contributed by atoms with Crippen molar-refractivity contribution in [2.45, 2.75) is 176 Å². The molecule has 4 aromatic rings. The van der Waals surface area contributed by atoms with Crippen LogP contribution in [0.4, 0.5) is 62.1 Å². The Morgan fingerprint density at radius 1 is 0.495 bits per heavy atom. The van der Waals surface area contributed by atoms with E-state index in [1.807, 2.05) is 102 Å². The van der Waals surface area contributed by atoms with E-state index in [1.165, 1.54) is 12.1 Å². The first-order chi connectivity index (χ1) is 50.7. The lowest BCUT2D eigenvalue weighted by molar-refractivity contribution is -0.132. The third-order valence-corrected chi connectivity index (χ3v) is 21.7. The lowest BCUT2D eigenvalue weighted by Crippen LogP contribution is -2.66. The van der Waals surface area contributed by atoms with Crippen LogP contribution >= 0.6 is 24.0 Å². The van der Waals surface area contributed by atoms with Gasteiger partial charge in [-0.3, -0.25) is 59.9 Å². The van der Waals surface area contributed by atoms with Crippen molar-refractivity contribution in [3.63, 3.8) is 0 Å². The van der Waals surface area contributed by atoms with Crippen molar-refractivity contribution in [3.8, 4) is 0 Å². The molecule has 0 saturated carbocycles. The topological polar surface area (TPSA) is 390 Å². The van der Waals surface area contributed by atoms with Crippen molar-refractivity contribution >= 4 is 125 Å². The number of rotatable bonds is 4. The number of benzene rings is 3. The number of likely N-dealkylation sites (tertiary alicyclic amines) is 2. The zero-order chi connectivity index (χ0) is 82.3. The second-order valence-electron chi connectivity index (χ2n) is 33.8. The van der Waals surface area contributed by atoms with E-state index in [-0.39, 0.29) is 101 Å². The second-order valence-corrected chi connectivity index (χ2v) is 34.2. The minimum atomic E-state index is -1.08. The van der Waals surface area contributed by atoms with Crippen LogP contribution in [0.25, 0.3) is 10.9 Å². The predicted octanol–water partition coefficient (Wildman–Crippen LogP) is 9.00. The molecular formula is C74H98Cl2F5N15O15. The highest BCUT2D eigenvalue weighted by atomic mass is 35.5. The number of fused-ring (bicyclic) bond motifs is 1. The first-order valence-electron chi connectivity index (χ1n) is 35.6. The van der Waals surface area contributed by atoms with Crippen LogP contribution in [-0.2, 0) is 33.4 Å². The largest absolute Gasteiger partial charge is 0.444 e. The number of nitrogens with zero attached hydrogens (tertiary/aromatic N) is 5. The molecule has 111 heavy (non-hydrogen) atoms. The summed E-state index contributed by atoms with van der Waals surface area (Å²) in [6.07, 6.45) is 3.57. The molecule has 37 heteroatoms. The number of halogens is 7. The van der Waals surface area contributed by atoms with E-state index >= 15 is 0 Å². The number of aldehydes is 2. The number of ether oxygens (including phenoxy) is 2. The maximum absolute atomic E-state index is 13.9. The molecule has 0 bridgehead atoms. The molecule has 1 aromatic heterocycles. The lowest BCUT2D eigenvalue weighted by Gasteiger charge is -2.50. The third kappa shape index (κ3) is 18.6. The Bertz CT molecular complexity index is 4350. The molecule has 4 unspecified atom stereocenters. The van der Waals surface area contributed by atoms with E-state index in [4.69, 9.17) is 21.1 Å². The summed E-state index contributed by atoms with van der Waals surface area (Å²) >= 11 is 5.28. The number of ketones is 1. The summed E-state index contributed by atoms with van der Waals surface area (Å²) in [5.41, 5.74) is -6.52. The Kier molecular flexibility index (Phi) is 25.9. The van der Waals surface area contributed by atoms with E-state index in [2.05, 4.69) is 58.0 Å². The number of H-pyrrole nitrogens is 1. The van der Waals surface area contributed by atoms with Gasteiger partial charge in [0.2, 0.25) is 0 Å². The summed E-state index contributed by atoms with van der Waals surface area (Å²) in [4.78, 5) is 158. The molecule has 0 aliphatic carbocycles. The number of amides is 14. The fourth-order valence-corrected chi connectivity index (χ4v) is 15.4. The Labute approximate surface area is 649 Å². The number of Topliss-reactive ketones (excluding diaryl/α,β-unsaturated/α-hetero) is 1. The number of nitrogens with one attached hydrogen (secondary N) is 10. The van der Waals surface area contributed by atoms with E-state index in [0.29, 0.717) is 82.8 Å². The molecule has 13 rings (SSSR count). The molecule has 4 atom stereocenters. The summed E-state index contributed by atoms with van der Waals surface area (Å²) in [7, 11) is 0. The third-order valence-electron chi connectivity index (χ3n) is 21.4. The first kappa shape index (κ1) is 88.4. The lowest BCUT2D eigenvalue weighted by atomic mass is 9.67. The fourth-order valence-electron chi connectivity index (χ4n) is 15.2. The van der Waals surface area contributed by atoms with Gasteiger partial charge in [-0.25, -0.2) is 50.7 Å². The Balaban J connectivity index is 0.000000188. The molecule has 30 nitrogen and oxygen atoms in total. The van der Waals surface area contributed by atoms with Gasteiger partial charge in [0.05, 0.1) is 34.2 Å². The van der Waals surface area contributed by atoms with Crippen molar-refractivity contribution < 1.29 is 93.8 Å². The van der Waals surface area contributed by atoms with Gasteiger partial charge in [0.25, 0.3) is 23.6 Å². The zero-order valence-corrected chi connectivity index (χ0v) is 66.4. The normalized spacial score (nSPS) is 25.0. The van der Waals surface area contributed by atoms with E-state index in [9.17, 15) is 84.3 Å². The quantitative estimate of drug-likeness (QED) is 0.0517. The summed E-state index contributed by atoms with van der Waals surface area (Å²) in [5.74, 6) is -4.91. The van der Waals surface area contributed by atoms with Crippen LogP contribution in [0.15, 0.2) is 42.6 Å². The number of anilines is 2. The first-order valence-corrected chi connectivity index (χ1v) is 36.0. The van der Waals surface area contributed by atoms with Crippen LogP contribution in [0.3, 0.4) is 0 Å². The van der Waals surface area contributed by atoms with Gasteiger partial charge in [-0.15, -0.1) is 12.4 Å². The van der Waals surface area contributed by atoms with Crippen LogP contribution in [0.2, 0.25) is 5.02 Å². The SMILES string of the molecule is CC(C)(C)OC(=O)N1CCC(=O)C(C)(C)C1.CC(C)(C)OC(=O)N1CCC2(NC(=O)NC2=O)C(C)(C)C1.CC1(C)CN(c2cc(F)cc(F)c2C=O)CCC12NC(=O)NC2=O.CC1(C)CN(c2cc(F)cc3[nH]ncc23)CCC12NC(=O)NC2=O.CC1(C)CNCCC12NC(=O)NC2=O.Cl.O=Cc1c(F)cc(Cl)cc1F. The van der Waals surface area contributed by atoms with Crippen LogP contribution in [0.1, 0.15) is 164 Å². The summed E-state index contributed by atoms with van der Waals surface area (Å²) < 4.78 is 77.1. The van der Waals surface area contributed by atoms with E-state index in [1.54, 1.807) is 34.7 Å². The van der Waals surface area contributed by atoms with Gasteiger partial charge in [-0.2, -0.15) is 5.10 Å². The summed E-state index contributed by atoms with van der Waals surface area (Å²) in [5, 5.41) is 31.0. The summed E-state index contributed by atoms with van der Waals surface area (Å²) in [6, 6.07) is 4.58. The molecule has 9 fully saturated rings. The molecule has 9 saturated heterocycles. The number of aromatic nitrogens is 2. The number of carbonyl (C=O) groups is 13. The smallest absolute Gasteiger partial charge is 0.410 e. The standard InChI is InChI=1S/C16H17F2N3O3.C16H18FN5O2.C14H23N3O4.C12H21NO3.C9H15N3O2.C7H3ClF2O.ClH/c1-15(2)8-21(4-3-16(15)13(23)19-14(24)20-16)12-6-9(17)5-11(18)10(12)7-22;1-15(2)8-22(4-3-16(15)13(23)19-14(24)20-16)12-6-9(17)5-11-10(12)7-18-21-11;1-12(2,3)21-11(20)17-7-6-14(13(4,5)8-17)9(18)15-10(19)16-14;1-11(2,3)16-10(15)13-7-6-9(14)12(4,5)8-13;1-8(2)5-10-4-3-9(8)6(13)11-7(14)12-9;8-4-1-6(9)5(3-11)7(10)2-4;/h5-7H,3-4,8H2,1-2H3,(H2,19,20,23,24);5-7H,3-4,8H2,1-2H3,(H,18,21)(H2,19,20,23,24);6-8H2,1-5H3,(H2,15,16,18,19);6-8H2,1-5H3;10H,3-5H2,1-2H3,(H2,11,12,13,14);1-3H;1H. The molecule has 9 aliphatic heterocycles. The van der Waals surface area contributed by atoms with Crippen LogP contribution in [0, 0.1) is 56.2 Å². The molecule has 9 aliphatic rings. The maximum Gasteiger partial charge on any atom is 0.410 e. The fraction of sp³-hybridized carbons (Fsp3) is 0.568.